The van der Waals surface area contributed by atoms with Crippen LogP contribution in [0.5, 0.6) is 0 Å². The first-order valence-electron chi connectivity index (χ1n) is 6.44. The number of nitrogens with one attached hydrogen (secondary N) is 1. The number of amides is 2. The van der Waals surface area contributed by atoms with Crippen LogP contribution in [0.25, 0.3) is 0 Å². The minimum absolute atomic E-state index is 0.0484. The summed E-state index contributed by atoms with van der Waals surface area (Å²) in [4.78, 5) is 36.3. The number of carbonyl (C=O) groups excluding carboxylic acids is 2. The summed E-state index contributed by atoms with van der Waals surface area (Å²) in [5, 5.41) is 11.9. The van der Waals surface area contributed by atoms with E-state index < -0.39 is 11.4 Å². The second-order valence-corrected chi connectivity index (χ2v) is 5.16. The highest BCUT2D eigenvalue weighted by Gasteiger charge is 2.53. The molecule has 1 saturated carbocycles. The van der Waals surface area contributed by atoms with Crippen molar-refractivity contribution in [3.63, 3.8) is 0 Å². The lowest BCUT2D eigenvalue weighted by Crippen LogP contribution is -2.52. The van der Waals surface area contributed by atoms with E-state index in [2.05, 4.69) is 5.32 Å². The molecule has 2 N–H and O–H groups in total. The lowest BCUT2D eigenvalue weighted by atomic mass is 9.93. The number of hydrogen-bond donors (Lipinski definition) is 2. The Labute approximate surface area is 115 Å². The van der Waals surface area contributed by atoms with Gasteiger partial charge in [0.15, 0.2) is 0 Å². The van der Waals surface area contributed by atoms with Crippen LogP contribution in [0.4, 0.5) is 5.69 Å². The Morgan fingerprint density at radius 3 is 2.60 bits per heavy atom. The first kappa shape index (κ1) is 12.7. The molecule has 2 amide bonds. The Balaban J connectivity index is 2.04. The van der Waals surface area contributed by atoms with Gasteiger partial charge in [0.2, 0.25) is 11.8 Å². The lowest BCUT2D eigenvalue weighted by molar-refractivity contribution is -0.140. The van der Waals surface area contributed by atoms with Crippen LogP contribution in [0.15, 0.2) is 24.3 Å². The molecular formula is C14H14N2O4. The highest BCUT2D eigenvalue weighted by molar-refractivity contribution is 6.05. The monoisotopic (exact) mass is 274 g/mol. The molecule has 1 saturated heterocycles. The van der Waals surface area contributed by atoms with E-state index in [0.29, 0.717) is 24.1 Å². The van der Waals surface area contributed by atoms with Crippen LogP contribution in [0.2, 0.25) is 0 Å². The molecule has 1 heterocycles. The summed E-state index contributed by atoms with van der Waals surface area (Å²) in [6.45, 7) is -0.112. The number of rotatable bonds is 3. The zero-order chi connectivity index (χ0) is 14.3. The number of nitrogens with zero attached hydrogens (tertiary/aromatic N) is 1. The third kappa shape index (κ3) is 1.84. The van der Waals surface area contributed by atoms with Gasteiger partial charge in [0, 0.05) is 5.69 Å². The molecule has 2 aliphatic rings. The van der Waals surface area contributed by atoms with Gasteiger partial charge >= 0.3 is 5.97 Å². The summed E-state index contributed by atoms with van der Waals surface area (Å²) in [6, 6.07) is 6.94. The van der Waals surface area contributed by atoms with Crippen molar-refractivity contribution in [2.75, 3.05) is 18.0 Å². The summed E-state index contributed by atoms with van der Waals surface area (Å²) in [5.74, 6) is -1.34. The maximum atomic E-state index is 12.0. The second kappa shape index (κ2) is 4.33. The van der Waals surface area contributed by atoms with E-state index in [1.807, 2.05) is 0 Å². The fourth-order valence-corrected chi connectivity index (χ4v) is 2.61. The summed E-state index contributed by atoms with van der Waals surface area (Å²) >= 11 is 0. The lowest BCUT2D eigenvalue weighted by Gasteiger charge is -2.29. The summed E-state index contributed by atoms with van der Waals surface area (Å²) in [6.07, 6.45) is 1.13. The number of benzene rings is 1. The predicted molar refractivity (Wildman–Crippen MR) is 70.4 cm³/mol. The van der Waals surface area contributed by atoms with Gasteiger partial charge in [-0.1, -0.05) is 18.2 Å². The molecule has 20 heavy (non-hydrogen) atoms. The third-order valence-corrected chi connectivity index (χ3v) is 3.91. The van der Waals surface area contributed by atoms with Gasteiger partial charge in [0.05, 0.1) is 12.0 Å². The second-order valence-electron chi connectivity index (χ2n) is 5.16. The molecule has 0 bridgehead atoms. The van der Waals surface area contributed by atoms with Gasteiger partial charge < -0.3 is 15.3 Å². The third-order valence-electron chi connectivity index (χ3n) is 3.91. The number of piperazine rings is 1. The molecule has 2 fully saturated rings. The molecule has 104 valence electrons. The molecule has 1 aliphatic heterocycles. The van der Waals surface area contributed by atoms with Crippen molar-refractivity contribution in [3.8, 4) is 0 Å². The number of aliphatic carboxylic acids is 1. The van der Waals surface area contributed by atoms with E-state index in [1.165, 1.54) is 4.90 Å². The number of para-hydroxylation sites is 1. The molecule has 1 aliphatic carbocycles. The average Bonchev–Trinajstić information content (AvgIpc) is 3.23. The number of anilines is 1. The van der Waals surface area contributed by atoms with Gasteiger partial charge in [0.1, 0.15) is 6.54 Å². The van der Waals surface area contributed by atoms with Crippen molar-refractivity contribution in [3.05, 3.63) is 29.8 Å². The largest absolute Gasteiger partial charge is 0.481 e. The maximum absolute atomic E-state index is 12.0. The molecular weight excluding hydrogens is 260 g/mol. The fourth-order valence-electron chi connectivity index (χ4n) is 2.61. The van der Waals surface area contributed by atoms with Crippen molar-refractivity contribution < 1.29 is 19.5 Å². The average molecular weight is 274 g/mol. The van der Waals surface area contributed by atoms with Crippen LogP contribution < -0.4 is 10.2 Å². The minimum Gasteiger partial charge on any atom is -0.481 e. The number of hydrogen-bond acceptors (Lipinski definition) is 3. The molecule has 6 nitrogen and oxygen atoms in total. The fraction of sp³-hybridized carbons (Fsp3) is 0.357. The van der Waals surface area contributed by atoms with Gasteiger partial charge in [-0.15, -0.1) is 0 Å². The van der Waals surface area contributed by atoms with Crippen LogP contribution >= 0.6 is 0 Å². The Morgan fingerprint density at radius 1 is 1.25 bits per heavy atom. The molecule has 6 heteroatoms. The molecule has 1 aromatic carbocycles. The van der Waals surface area contributed by atoms with Gasteiger partial charge in [-0.2, -0.15) is 0 Å². The van der Waals surface area contributed by atoms with Crippen LogP contribution in [-0.2, 0) is 19.8 Å². The van der Waals surface area contributed by atoms with E-state index >= 15 is 0 Å². The molecule has 0 radical (unpaired) electrons. The van der Waals surface area contributed by atoms with Crippen LogP contribution in [-0.4, -0.2) is 36.0 Å². The van der Waals surface area contributed by atoms with Crippen molar-refractivity contribution >= 4 is 23.5 Å². The van der Waals surface area contributed by atoms with Crippen molar-refractivity contribution in [1.29, 1.82) is 0 Å². The zero-order valence-corrected chi connectivity index (χ0v) is 10.8. The normalized spacial score (nSPS) is 20.5. The Morgan fingerprint density at radius 2 is 1.95 bits per heavy atom. The van der Waals surface area contributed by atoms with E-state index in [0.717, 1.165) is 0 Å². The molecule has 0 aromatic heterocycles. The van der Waals surface area contributed by atoms with Gasteiger partial charge in [0.25, 0.3) is 0 Å². The predicted octanol–water partition coefficient (Wildman–Crippen LogP) is 0.266. The van der Waals surface area contributed by atoms with Gasteiger partial charge in [-0.05, 0) is 24.5 Å². The summed E-state index contributed by atoms with van der Waals surface area (Å²) < 4.78 is 0. The summed E-state index contributed by atoms with van der Waals surface area (Å²) in [5.41, 5.74) is 0.257. The topological polar surface area (TPSA) is 86.7 Å². The van der Waals surface area contributed by atoms with E-state index in [1.54, 1.807) is 24.3 Å². The number of carbonyl (C=O) groups is 3. The molecule has 0 unspecified atom stereocenters. The Kier molecular flexibility index (Phi) is 2.74. The molecule has 3 rings (SSSR count). The van der Waals surface area contributed by atoms with Crippen molar-refractivity contribution in [1.82, 2.24) is 5.32 Å². The minimum atomic E-state index is -0.898. The van der Waals surface area contributed by atoms with E-state index in [9.17, 15) is 19.5 Å². The highest BCUT2D eigenvalue weighted by atomic mass is 16.4. The standard InChI is InChI=1S/C14H14N2O4/c17-11-8-16(12(18)7-15-11)10-4-2-1-3-9(10)14(5-6-14)13(19)20/h1-4H,5-8H2,(H,15,17)(H,19,20). The molecule has 0 spiro atoms. The van der Waals surface area contributed by atoms with E-state index in [4.69, 9.17) is 0 Å². The van der Waals surface area contributed by atoms with Crippen molar-refractivity contribution in [2.45, 2.75) is 18.3 Å². The van der Waals surface area contributed by atoms with Crippen LogP contribution in [0, 0.1) is 0 Å². The maximum Gasteiger partial charge on any atom is 0.314 e. The van der Waals surface area contributed by atoms with Crippen LogP contribution in [0.3, 0.4) is 0 Å². The number of carboxylic acids is 1. The first-order chi connectivity index (χ1) is 9.54. The zero-order valence-electron chi connectivity index (χ0n) is 10.8. The van der Waals surface area contributed by atoms with Crippen molar-refractivity contribution in [2.24, 2.45) is 0 Å². The van der Waals surface area contributed by atoms with Gasteiger partial charge in [-0.25, -0.2) is 0 Å². The summed E-state index contributed by atoms with van der Waals surface area (Å²) in [7, 11) is 0. The highest BCUT2D eigenvalue weighted by Crippen LogP contribution is 2.51. The number of carboxylic acid groups (broad SMARTS) is 1. The SMILES string of the molecule is O=C1CN(c2ccccc2C2(C(=O)O)CC2)C(=O)CN1. The molecule has 1 aromatic rings. The Hall–Kier alpha value is -2.37. The van der Waals surface area contributed by atoms with E-state index in [-0.39, 0.29) is 24.9 Å². The Bertz CT molecular complexity index is 607. The first-order valence-corrected chi connectivity index (χ1v) is 6.44. The van der Waals surface area contributed by atoms with Gasteiger partial charge in [-0.3, -0.25) is 14.4 Å². The quantitative estimate of drug-likeness (QED) is 0.828. The smallest absolute Gasteiger partial charge is 0.314 e. The molecule has 0 atom stereocenters. The van der Waals surface area contributed by atoms with Crippen LogP contribution in [0.1, 0.15) is 18.4 Å².